The largest absolute Gasteiger partial charge is 0.326 e. The molecule has 106 valence electrons. The molecule has 0 saturated heterocycles. The molecule has 0 aliphatic rings. The Morgan fingerprint density at radius 1 is 1.47 bits per heavy atom. The van der Waals surface area contributed by atoms with E-state index in [4.69, 9.17) is 5.73 Å². The number of rotatable bonds is 6. The third kappa shape index (κ3) is 3.66. The van der Waals surface area contributed by atoms with Gasteiger partial charge >= 0.3 is 0 Å². The Labute approximate surface area is 123 Å². The second-order valence-electron chi connectivity index (χ2n) is 4.43. The molecular formula is C13H19BrN2O2S. The fourth-order valence-electron chi connectivity index (χ4n) is 1.71. The summed E-state index contributed by atoms with van der Waals surface area (Å²) >= 11 is 3.29. The summed E-state index contributed by atoms with van der Waals surface area (Å²) in [5.41, 5.74) is 6.35. The van der Waals surface area contributed by atoms with E-state index in [0.29, 0.717) is 11.0 Å². The molecule has 0 bridgehead atoms. The molecule has 0 saturated carbocycles. The van der Waals surface area contributed by atoms with Gasteiger partial charge in [-0.1, -0.05) is 12.1 Å². The molecular weight excluding hydrogens is 328 g/mol. The highest BCUT2D eigenvalue weighted by Gasteiger charge is 2.28. The van der Waals surface area contributed by atoms with E-state index in [1.54, 1.807) is 24.3 Å². The summed E-state index contributed by atoms with van der Waals surface area (Å²) in [4.78, 5) is 0.242. The number of halogens is 1. The number of nitrogens with zero attached hydrogens (tertiary/aromatic N) is 1. The van der Waals surface area contributed by atoms with E-state index in [0.717, 1.165) is 5.56 Å². The minimum absolute atomic E-state index is 0.142. The first kappa shape index (κ1) is 16.4. The van der Waals surface area contributed by atoms with Crippen LogP contribution in [0.25, 0.3) is 0 Å². The predicted molar refractivity (Wildman–Crippen MR) is 81.3 cm³/mol. The maximum absolute atomic E-state index is 12.7. The Morgan fingerprint density at radius 3 is 2.58 bits per heavy atom. The van der Waals surface area contributed by atoms with Gasteiger partial charge in [0.2, 0.25) is 10.0 Å². The van der Waals surface area contributed by atoms with Crippen molar-refractivity contribution in [2.24, 2.45) is 5.73 Å². The average Bonchev–Trinajstić information content (AvgIpc) is 2.35. The summed E-state index contributed by atoms with van der Waals surface area (Å²) in [6, 6.07) is 4.98. The van der Waals surface area contributed by atoms with E-state index < -0.39 is 10.0 Å². The SMILES string of the molecule is C=CCN(C(C)C)S(=O)(=O)c1cc(CN)ccc1Br. The molecule has 0 heterocycles. The van der Waals surface area contributed by atoms with Crippen molar-refractivity contribution in [3.8, 4) is 0 Å². The molecule has 0 unspecified atom stereocenters. The number of hydrogen-bond acceptors (Lipinski definition) is 3. The van der Waals surface area contributed by atoms with Gasteiger partial charge in [-0.05, 0) is 47.5 Å². The van der Waals surface area contributed by atoms with Crippen molar-refractivity contribution < 1.29 is 8.42 Å². The lowest BCUT2D eigenvalue weighted by Gasteiger charge is -2.25. The lowest BCUT2D eigenvalue weighted by atomic mass is 10.2. The number of hydrogen-bond donors (Lipinski definition) is 1. The van der Waals surface area contributed by atoms with Gasteiger partial charge in [0, 0.05) is 23.6 Å². The van der Waals surface area contributed by atoms with Crippen LogP contribution >= 0.6 is 15.9 Å². The van der Waals surface area contributed by atoms with Gasteiger partial charge in [-0.3, -0.25) is 0 Å². The molecule has 2 N–H and O–H groups in total. The smallest absolute Gasteiger partial charge is 0.244 e. The molecule has 4 nitrogen and oxygen atoms in total. The Balaban J connectivity index is 3.36. The predicted octanol–water partition coefficient (Wildman–Crippen LogP) is 2.49. The summed E-state index contributed by atoms with van der Waals surface area (Å²) < 4.78 is 27.3. The van der Waals surface area contributed by atoms with Crippen molar-refractivity contribution in [3.05, 3.63) is 40.9 Å². The Kier molecular flexibility index (Phi) is 5.73. The third-order valence-electron chi connectivity index (χ3n) is 2.70. The van der Waals surface area contributed by atoms with Crippen LogP contribution in [0.15, 0.2) is 40.2 Å². The van der Waals surface area contributed by atoms with Crippen molar-refractivity contribution >= 4 is 26.0 Å². The van der Waals surface area contributed by atoms with Gasteiger partial charge in [-0.2, -0.15) is 4.31 Å². The molecule has 0 aromatic heterocycles. The maximum atomic E-state index is 12.7. The second-order valence-corrected chi connectivity index (χ2v) is 7.14. The summed E-state index contributed by atoms with van der Waals surface area (Å²) in [5.74, 6) is 0. The lowest BCUT2D eigenvalue weighted by molar-refractivity contribution is 0.382. The molecule has 0 spiro atoms. The van der Waals surface area contributed by atoms with Gasteiger partial charge in [0.1, 0.15) is 0 Å². The molecule has 6 heteroatoms. The Hall–Kier alpha value is -0.690. The Bertz CT molecular complexity index is 556. The standard InChI is InChI=1S/C13H19BrN2O2S/c1-4-7-16(10(2)3)19(17,18)13-8-11(9-15)5-6-12(13)14/h4-6,8,10H,1,7,9,15H2,2-3H3. The minimum Gasteiger partial charge on any atom is -0.326 e. The van der Waals surface area contributed by atoms with Gasteiger partial charge in [0.15, 0.2) is 0 Å². The van der Waals surface area contributed by atoms with Gasteiger partial charge in [0.05, 0.1) is 4.90 Å². The van der Waals surface area contributed by atoms with Crippen LogP contribution in [0.1, 0.15) is 19.4 Å². The van der Waals surface area contributed by atoms with Crippen LogP contribution in [0.5, 0.6) is 0 Å². The molecule has 0 amide bonds. The first-order valence-electron chi connectivity index (χ1n) is 5.95. The van der Waals surface area contributed by atoms with Crippen molar-refractivity contribution in [2.45, 2.75) is 31.3 Å². The van der Waals surface area contributed by atoms with E-state index in [1.165, 1.54) is 4.31 Å². The summed E-state index contributed by atoms with van der Waals surface area (Å²) in [5, 5.41) is 0. The van der Waals surface area contributed by atoms with Gasteiger partial charge in [-0.25, -0.2) is 8.42 Å². The van der Waals surface area contributed by atoms with Crippen molar-refractivity contribution in [3.63, 3.8) is 0 Å². The summed E-state index contributed by atoms with van der Waals surface area (Å²) in [6.07, 6.45) is 1.58. The summed E-state index contributed by atoms with van der Waals surface area (Å²) in [6.45, 7) is 7.86. The van der Waals surface area contributed by atoms with Crippen LogP contribution in [-0.4, -0.2) is 25.3 Å². The van der Waals surface area contributed by atoms with Crippen LogP contribution < -0.4 is 5.73 Å². The van der Waals surface area contributed by atoms with E-state index in [-0.39, 0.29) is 17.5 Å². The van der Waals surface area contributed by atoms with Crippen LogP contribution in [0.3, 0.4) is 0 Å². The quantitative estimate of drug-likeness (QED) is 0.804. The molecule has 1 rings (SSSR count). The second kappa shape index (κ2) is 6.65. The van der Waals surface area contributed by atoms with Crippen molar-refractivity contribution in [1.29, 1.82) is 0 Å². The van der Waals surface area contributed by atoms with Gasteiger partial charge in [-0.15, -0.1) is 6.58 Å². The lowest BCUT2D eigenvalue weighted by Crippen LogP contribution is -2.37. The van der Waals surface area contributed by atoms with Crippen LogP contribution in [0.4, 0.5) is 0 Å². The van der Waals surface area contributed by atoms with Crippen LogP contribution in [0, 0.1) is 0 Å². The highest BCUT2D eigenvalue weighted by Crippen LogP contribution is 2.27. The zero-order chi connectivity index (χ0) is 14.6. The van der Waals surface area contributed by atoms with Crippen LogP contribution in [-0.2, 0) is 16.6 Å². The van der Waals surface area contributed by atoms with Gasteiger partial charge in [0.25, 0.3) is 0 Å². The number of nitrogens with two attached hydrogens (primary N) is 1. The van der Waals surface area contributed by atoms with Crippen molar-refractivity contribution in [1.82, 2.24) is 4.31 Å². The maximum Gasteiger partial charge on any atom is 0.244 e. The Morgan fingerprint density at radius 2 is 2.11 bits per heavy atom. The average molecular weight is 347 g/mol. The molecule has 19 heavy (non-hydrogen) atoms. The molecule has 1 aromatic rings. The number of benzene rings is 1. The molecule has 0 aliphatic carbocycles. The molecule has 1 aromatic carbocycles. The molecule has 0 atom stereocenters. The first-order chi connectivity index (χ1) is 8.84. The molecule has 0 aliphatic heterocycles. The fraction of sp³-hybridized carbons (Fsp3) is 0.385. The normalized spacial score (nSPS) is 12.1. The highest BCUT2D eigenvalue weighted by atomic mass is 79.9. The van der Waals surface area contributed by atoms with E-state index >= 15 is 0 Å². The molecule has 0 radical (unpaired) electrons. The monoisotopic (exact) mass is 346 g/mol. The fourth-order valence-corrected chi connectivity index (χ4v) is 4.30. The highest BCUT2D eigenvalue weighted by molar-refractivity contribution is 9.10. The summed E-state index contributed by atoms with van der Waals surface area (Å²) in [7, 11) is -3.57. The molecule has 0 fully saturated rings. The zero-order valence-corrected chi connectivity index (χ0v) is 13.5. The number of sulfonamides is 1. The topological polar surface area (TPSA) is 63.4 Å². The van der Waals surface area contributed by atoms with Crippen LogP contribution in [0.2, 0.25) is 0 Å². The van der Waals surface area contributed by atoms with E-state index in [1.807, 2.05) is 13.8 Å². The van der Waals surface area contributed by atoms with E-state index in [2.05, 4.69) is 22.5 Å². The van der Waals surface area contributed by atoms with Crippen molar-refractivity contribution in [2.75, 3.05) is 6.54 Å². The minimum atomic E-state index is -3.57. The first-order valence-corrected chi connectivity index (χ1v) is 8.19. The van der Waals surface area contributed by atoms with E-state index in [9.17, 15) is 8.42 Å². The zero-order valence-electron chi connectivity index (χ0n) is 11.1. The third-order valence-corrected chi connectivity index (χ3v) is 5.74. The van der Waals surface area contributed by atoms with Gasteiger partial charge < -0.3 is 5.73 Å².